The molecule has 2 saturated heterocycles. The number of amides is 1. The maximum absolute atomic E-state index is 13.0. The zero-order valence-corrected chi connectivity index (χ0v) is 13.6. The van der Waals surface area contributed by atoms with Gasteiger partial charge in [-0.2, -0.15) is 13.2 Å². The Balaban J connectivity index is 1.66. The maximum atomic E-state index is 13.0. The lowest BCUT2D eigenvalue weighted by Gasteiger charge is -2.41. The number of halogens is 3. The van der Waals surface area contributed by atoms with Crippen LogP contribution in [0.15, 0.2) is 24.3 Å². The van der Waals surface area contributed by atoms with Gasteiger partial charge in [-0.1, -0.05) is 12.1 Å². The number of carbonyl (C=O) groups excluding carboxylic acids is 1. The molecule has 2 heterocycles. The molecule has 0 N–H and O–H groups in total. The van der Waals surface area contributed by atoms with Gasteiger partial charge in [0.15, 0.2) is 6.61 Å². The molecule has 24 heavy (non-hydrogen) atoms. The molecule has 1 spiro atoms. The van der Waals surface area contributed by atoms with Gasteiger partial charge < -0.3 is 14.4 Å². The minimum atomic E-state index is -4.51. The second-order valence-electron chi connectivity index (χ2n) is 6.66. The molecule has 132 valence electrons. The van der Waals surface area contributed by atoms with E-state index in [2.05, 4.69) is 0 Å². The number of likely N-dealkylation sites (tertiary alicyclic amines) is 1. The Bertz CT molecular complexity index is 614. The summed E-state index contributed by atoms with van der Waals surface area (Å²) in [6, 6.07) is 4.87. The van der Waals surface area contributed by atoms with Crippen molar-refractivity contribution < 1.29 is 27.4 Å². The molecule has 2 aliphatic heterocycles. The molecule has 2 atom stereocenters. The summed E-state index contributed by atoms with van der Waals surface area (Å²) in [6.07, 6.45) is -3.01. The van der Waals surface area contributed by atoms with E-state index in [9.17, 15) is 18.0 Å². The van der Waals surface area contributed by atoms with Crippen molar-refractivity contribution in [3.8, 4) is 5.75 Å². The molecule has 7 heteroatoms. The predicted molar refractivity (Wildman–Crippen MR) is 80.6 cm³/mol. The summed E-state index contributed by atoms with van der Waals surface area (Å²) in [6.45, 7) is 4.18. The zero-order valence-electron chi connectivity index (χ0n) is 13.6. The molecule has 1 aromatic carbocycles. The first-order chi connectivity index (χ1) is 11.2. The summed E-state index contributed by atoms with van der Waals surface area (Å²) in [5.41, 5.74) is -0.970. The van der Waals surface area contributed by atoms with Gasteiger partial charge in [-0.3, -0.25) is 4.79 Å². The first kappa shape index (κ1) is 17.1. The van der Waals surface area contributed by atoms with Crippen molar-refractivity contribution in [3.05, 3.63) is 29.8 Å². The van der Waals surface area contributed by atoms with Crippen LogP contribution in [0.25, 0.3) is 0 Å². The maximum Gasteiger partial charge on any atom is 0.419 e. The van der Waals surface area contributed by atoms with E-state index in [1.807, 2.05) is 13.8 Å². The smallest absolute Gasteiger partial charge is 0.419 e. The Kier molecular flexibility index (Phi) is 4.23. The first-order valence-corrected chi connectivity index (χ1v) is 7.96. The molecule has 0 unspecified atom stereocenters. The van der Waals surface area contributed by atoms with Gasteiger partial charge in [0.1, 0.15) is 5.75 Å². The van der Waals surface area contributed by atoms with Crippen LogP contribution < -0.4 is 4.74 Å². The summed E-state index contributed by atoms with van der Waals surface area (Å²) < 4.78 is 49.6. The van der Waals surface area contributed by atoms with Gasteiger partial charge in [0.25, 0.3) is 5.91 Å². The number of piperidine rings is 1. The van der Waals surface area contributed by atoms with Crippen LogP contribution in [0.5, 0.6) is 5.75 Å². The molecule has 0 aromatic heterocycles. The zero-order chi connectivity index (χ0) is 17.5. The van der Waals surface area contributed by atoms with E-state index in [-0.39, 0.29) is 29.3 Å². The van der Waals surface area contributed by atoms with Crippen LogP contribution >= 0.6 is 0 Å². The Morgan fingerprint density at radius 1 is 1.29 bits per heavy atom. The lowest BCUT2D eigenvalue weighted by Crippen LogP contribution is -2.53. The Morgan fingerprint density at radius 3 is 2.42 bits per heavy atom. The van der Waals surface area contributed by atoms with Crippen molar-refractivity contribution in [2.45, 2.75) is 50.6 Å². The van der Waals surface area contributed by atoms with Crippen LogP contribution in [-0.4, -0.2) is 41.7 Å². The second kappa shape index (κ2) is 5.95. The number of nitrogens with zero attached hydrogens (tertiary/aromatic N) is 1. The highest BCUT2D eigenvalue weighted by Crippen LogP contribution is 2.43. The normalized spacial score (nSPS) is 29.6. The summed E-state index contributed by atoms with van der Waals surface area (Å²) >= 11 is 0. The average Bonchev–Trinajstić information content (AvgIpc) is 3.22. The molecular formula is C17H20F3NO3. The molecule has 2 aliphatic rings. The van der Waals surface area contributed by atoms with Gasteiger partial charge in [-0.25, -0.2) is 0 Å². The quantitative estimate of drug-likeness (QED) is 0.791. The average molecular weight is 343 g/mol. The molecule has 0 radical (unpaired) electrons. The lowest BCUT2D eigenvalue weighted by molar-refractivity contribution is -0.144. The van der Waals surface area contributed by atoms with E-state index in [1.165, 1.54) is 18.2 Å². The van der Waals surface area contributed by atoms with Gasteiger partial charge in [0.05, 0.1) is 17.8 Å². The third-order valence-corrected chi connectivity index (χ3v) is 4.67. The minimum absolute atomic E-state index is 0.0230. The van der Waals surface area contributed by atoms with Crippen molar-refractivity contribution in [2.24, 2.45) is 0 Å². The molecule has 2 fully saturated rings. The molecule has 1 amide bonds. The number of carbonyl (C=O) groups is 1. The number of para-hydroxylation sites is 1. The van der Waals surface area contributed by atoms with Crippen molar-refractivity contribution >= 4 is 5.91 Å². The number of hydrogen-bond donors (Lipinski definition) is 0. The second-order valence-corrected chi connectivity index (χ2v) is 6.66. The van der Waals surface area contributed by atoms with E-state index >= 15 is 0 Å². The fraction of sp³-hybridized carbons (Fsp3) is 0.588. The fourth-order valence-electron chi connectivity index (χ4n) is 3.66. The summed E-state index contributed by atoms with van der Waals surface area (Å²) in [5.74, 6) is -0.625. The Hall–Kier alpha value is -1.76. The van der Waals surface area contributed by atoms with Crippen molar-refractivity contribution in [1.82, 2.24) is 4.90 Å². The van der Waals surface area contributed by atoms with E-state index in [4.69, 9.17) is 9.47 Å². The first-order valence-electron chi connectivity index (χ1n) is 7.96. The number of hydrogen-bond acceptors (Lipinski definition) is 3. The summed E-state index contributed by atoms with van der Waals surface area (Å²) in [4.78, 5) is 14.2. The molecular weight excluding hydrogens is 323 g/mol. The van der Waals surface area contributed by atoms with Crippen molar-refractivity contribution in [2.75, 3.05) is 13.2 Å². The van der Waals surface area contributed by atoms with Crippen LogP contribution in [0.1, 0.15) is 32.3 Å². The number of epoxide rings is 1. The van der Waals surface area contributed by atoms with Crippen LogP contribution in [0.4, 0.5) is 13.2 Å². The third kappa shape index (κ3) is 3.36. The predicted octanol–water partition coefficient (Wildman–Crippen LogP) is 3.25. The van der Waals surface area contributed by atoms with Crippen LogP contribution in [-0.2, 0) is 15.7 Å². The molecule has 1 aromatic rings. The third-order valence-electron chi connectivity index (χ3n) is 4.67. The highest BCUT2D eigenvalue weighted by Gasteiger charge is 2.52. The van der Waals surface area contributed by atoms with Gasteiger partial charge in [-0.05, 0) is 38.8 Å². The molecule has 4 nitrogen and oxygen atoms in total. The van der Waals surface area contributed by atoms with Crippen LogP contribution in [0, 0.1) is 0 Å². The highest BCUT2D eigenvalue weighted by molar-refractivity contribution is 5.78. The molecule has 3 rings (SSSR count). The fourth-order valence-corrected chi connectivity index (χ4v) is 3.66. The summed E-state index contributed by atoms with van der Waals surface area (Å²) in [7, 11) is 0. The molecule has 0 bridgehead atoms. The van der Waals surface area contributed by atoms with Gasteiger partial charge >= 0.3 is 6.18 Å². The Labute approximate surface area is 138 Å². The number of rotatable bonds is 3. The number of benzene rings is 1. The van der Waals surface area contributed by atoms with E-state index in [0.717, 1.165) is 25.5 Å². The monoisotopic (exact) mass is 343 g/mol. The van der Waals surface area contributed by atoms with Crippen molar-refractivity contribution in [3.63, 3.8) is 0 Å². The SMILES string of the molecule is C[C@H]1CC2(CO2)C[C@H](C)N1C(=O)COc1ccccc1C(F)(F)F. The van der Waals surface area contributed by atoms with Crippen LogP contribution in [0.2, 0.25) is 0 Å². The van der Waals surface area contributed by atoms with Gasteiger partial charge in [0, 0.05) is 12.1 Å². The van der Waals surface area contributed by atoms with E-state index < -0.39 is 18.3 Å². The van der Waals surface area contributed by atoms with Crippen molar-refractivity contribution in [1.29, 1.82) is 0 Å². The highest BCUT2D eigenvalue weighted by atomic mass is 19.4. The standard InChI is InChI=1S/C17H20F3NO3/c1-11-7-16(10-24-16)8-12(2)21(11)15(22)9-23-14-6-4-3-5-13(14)17(18,19)20/h3-6,11-12H,7-10H2,1-2H3/t11-,12-/m0/s1. The minimum Gasteiger partial charge on any atom is -0.483 e. The molecule has 0 saturated carbocycles. The van der Waals surface area contributed by atoms with E-state index in [1.54, 1.807) is 4.90 Å². The Morgan fingerprint density at radius 2 is 1.88 bits per heavy atom. The van der Waals surface area contributed by atoms with Gasteiger partial charge in [0.2, 0.25) is 0 Å². The van der Waals surface area contributed by atoms with Gasteiger partial charge in [-0.15, -0.1) is 0 Å². The molecule has 0 aliphatic carbocycles. The topological polar surface area (TPSA) is 42.1 Å². The van der Waals surface area contributed by atoms with E-state index in [0.29, 0.717) is 0 Å². The number of ether oxygens (including phenoxy) is 2. The lowest BCUT2D eigenvalue weighted by atomic mass is 9.87. The number of alkyl halides is 3. The van der Waals surface area contributed by atoms with Crippen LogP contribution in [0.3, 0.4) is 0 Å². The summed E-state index contributed by atoms with van der Waals surface area (Å²) in [5, 5.41) is 0. The largest absolute Gasteiger partial charge is 0.483 e.